The van der Waals surface area contributed by atoms with Crippen molar-refractivity contribution in [2.24, 2.45) is 16.3 Å². The largest absolute Gasteiger partial charge is 0.487 e. The second-order valence-corrected chi connectivity index (χ2v) is 10.3. The van der Waals surface area contributed by atoms with Crippen LogP contribution in [0.1, 0.15) is 90.5 Å². The second-order valence-electron chi connectivity index (χ2n) is 10.3. The first-order valence-electron chi connectivity index (χ1n) is 12.5. The lowest BCUT2D eigenvalue weighted by molar-refractivity contribution is 0.206. The summed E-state index contributed by atoms with van der Waals surface area (Å²) in [5, 5.41) is 0. The van der Waals surface area contributed by atoms with E-state index in [1.54, 1.807) is 0 Å². The Labute approximate surface area is 189 Å². The Bertz CT molecular complexity index is 885. The zero-order valence-corrected chi connectivity index (χ0v) is 19.8. The summed E-state index contributed by atoms with van der Waals surface area (Å²) in [4.78, 5) is 5.19. The minimum atomic E-state index is 0.351. The van der Waals surface area contributed by atoms with Gasteiger partial charge in [0.25, 0.3) is 0 Å². The van der Waals surface area contributed by atoms with Crippen molar-refractivity contribution in [3.8, 4) is 0 Å². The van der Waals surface area contributed by atoms with Gasteiger partial charge in [-0.1, -0.05) is 95.7 Å². The lowest BCUT2D eigenvalue weighted by Crippen LogP contribution is -2.24. The number of hydrogen-bond acceptors (Lipinski definition) is 2. The molecule has 1 heterocycles. The summed E-state index contributed by atoms with van der Waals surface area (Å²) in [6.45, 7) is 7.65. The molecule has 1 saturated carbocycles. The fourth-order valence-corrected chi connectivity index (χ4v) is 5.19. The van der Waals surface area contributed by atoms with Crippen LogP contribution in [0.4, 0.5) is 0 Å². The zero-order valence-electron chi connectivity index (χ0n) is 19.8. The number of hydrogen-bond donors (Lipinski definition) is 0. The van der Waals surface area contributed by atoms with E-state index in [-0.39, 0.29) is 0 Å². The van der Waals surface area contributed by atoms with Gasteiger partial charge in [0.15, 0.2) is 0 Å². The van der Waals surface area contributed by atoms with E-state index in [4.69, 9.17) is 9.73 Å². The first-order chi connectivity index (χ1) is 15.1. The van der Waals surface area contributed by atoms with Crippen LogP contribution in [-0.4, -0.2) is 5.71 Å². The van der Waals surface area contributed by atoms with Gasteiger partial charge in [0, 0.05) is 11.6 Å². The van der Waals surface area contributed by atoms with Crippen LogP contribution >= 0.6 is 0 Å². The smallest absolute Gasteiger partial charge is 0.145 e. The monoisotopic (exact) mass is 417 g/mol. The van der Waals surface area contributed by atoms with Crippen molar-refractivity contribution < 1.29 is 4.74 Å². The molecule has 0 amide bonds. The van der Waals surface area contributed by atoms with E-state index in [9.17, 15) is 0 Å². The van der Waals surface area contributed by atoms with Crippen molar-refractivity contribution >= 4 is 5.71 Å². The molecule has 0 N–H and O–H groups in total. The third-order valence-electron chi connectivity index (χ3n) is 7.06. The number of fused-ring (bicyclic) bond motifs is 2. The van der Waals surface area contributed by atoms with Gasteiger partial charge in [-0.2, -0.15) is 0 Å². The van der Waals surface area contributed by atoms with Crippen LogP contribution < -0.4 is 0 Å². The summed E-state index contributed by atoms with van der Waals surface area (Å²) in [6, 6.07) is 10.5. The molecule has 1 aliphatic heterocycles. The highest BCUT2D eigenvalue weighted by atomic mass is 16.5. The van der Waals surface area contributed by atoms with Crippen LogP contribution in [0.3, 0.4) is 0 Å². The molecule has 0 aromatic heterocycles. The molecule has 3 aliphatic rings. The van der Waals surface area contributed by atoms with Crippen LogP contribution in [-0.2, 0) is 11.3 Å². The lowest BCUT2D eigenvalue weighted by Gasteiger charge is -2.31. The summed E-state index contributed by atoms with van der Waals surface area (Å²) in [5.74, 6) is 1.47. The number of nitrogens with zero attached hydrogens (tertiary/aromatic N) is 1. The molecule has 1 aromatic carbocycles. The molecule has 0 saturated heterocycles. The van der Waals surface area contributed by atoms with Gasteiger partial charge in [-0.15, -0.1) is 0 Å². The first-order valence-corrected chi connectivity index (χ1v) is 12.5. The summed E-state index contributed by atoms with van der Waals surface area (Å²) in [6.07, 6.45) is 17.5. The number of ether oxygens (including phenoxy) is 1. The van der Waals surface area contributed by atoms with Crippen molar-refractivity contribution in [1.29, 1.82) is 0 Å². The van der Waals surface area contributed by atoms with Gasteiger partial charge < -0.3 is 4.74 Å². The molecule has 1 unspecified atom stereocenters. The SMILES string of the molecule is CCCCCCCCC1C=CC(OCc2ccccc2)=C2N=C3CC(C)(C)CCC3=C21. The molecule has 1 atom stereocenters. The average Bonchev–Trinajstić information content (AvgIpc) is 3.13. The highest BCUT2D eigenvalue weighted by Gasteiger charge is 2.38. The van der Waals surface area contributed by atoms with Gasteiger partial charge in [-0.05, 0) is 53.9 Å². The lowest BCUT2D eigenvalue weighted by atomic mass is 9.72. The summed E-state index contributed by atoms with van der Waals surface area (Å²) < 4.78 is 6.31. The van der Waals surface area contributed by atoms with Gasteiger partial charge in [0.1, 0.15) is 18.1 Å². The van der Waals surface area contributed by atoms with E-state index in [2.05, 4.69) is 63.3 Å². The third-order valence-corrected chi connectivity index (χ3v) is 7.06. The van der Waals surface area contributed by atoms with Gasteiger partial charge in [0.05, 0.1) is 0 Å². The Hall–Kier alpha value is -2.09. The maximum absolute atomic E-state index is 6.31. The van der Waals surface area contributed by atoms with Gasteiger partial charge in [-0.25, -0.2) is 4.99 Å². The molecule has 0 bridgehead atoms. The summed E-state index contributed by atoms with van der Waals surface area (Å²) in [7, 11) is 0. The molecule has 2 nitrogen and oxygen atoms in total. The molecule has 166 valence electrons. The molecule has 31 heavy (non-hydrogen) atoms. The van der Waals surface area contributed by atoms with Crippen LogP contribution in [0.2, 0.25) is 0 Å². The maximum atomic E-state index is 6.31. The topological polar surface area (TPSA) is 21.6 Å². The number of unbranched alkanes of at least 4 members (excludes halogenated alkanes) is 5. The van der Waals surface area contributed by atoms with E-state index in [0.717, 1.165) is 24.3 Å². The predicted octanol–water partition coefficient (Wildman–Crippen LogP) is 8.31. The first kappa shape index (κ1) is 22.1. The van der Waals surface area contributed by atoms with Crippen molar-refractivity contribution in [3.05, 3.63) is 70.6 Å². The average molecular weight is 418 g/mol. The van der Waals surface area contributed by atoms with E-state index in [0.29, 0.717) is 17.9 Å². The van der Waals surface area contributed by atoms with Gasteiger partial charge in [-0.3, -0.25) is 0 Å². The van der Waals surface area contributed by atoms with E-state index in [1.807, 2.05) is 0 Å². The normalized spacial score (nSPS) is 21.8. The fraction of sp³-hybridized carbons (Fsp3) is 0.552. The molecular formula is C29H39NO. The van der Waals surface area contributed by atoms with Crippen molar-refractivity contribution in [1.82, 2.24) is 0 Å². The van der Waals surface area contributed by atoms with Gasteiger partial charge >= 0.3 is 0 Å². The Kier molecular flexibility index (Phi) is 7.15. The van der Waals surface area contributed by atoms with Gasteiger partial charge in [0.2, 0.25) is 0 Å². The van der Waals surface area contributed by atoms with Crippen molar-refractivity contribution in [3.63, 3.8) is 0 Å². The Morgan fingerprint density at radius 2 is 1.81 bits per heavy atom. The minimum Gasteiger partial charge on any atom is -0.487 e. The highest BCUT2D eigenvalue weighted by Crippen LogP contribution is 2.47. The van der Waals surface area contributed by atoms with Crippen molar-refractivity contribution in [2.75, 3.05) is 0 Å². The number of rotatable bonds is 10. The standard InChI is InChI=1S/C29H39NO/c1-4-5-6-7-8-12-15-23-16-17-26(31-21-22-13-10-9-11-14-22)28-27(23)24-18-19-29(2,3)20-25(24)30-28/h9-11,13-14,16-17,23H,4-8,12,15,18-21H2,1-3H3. The van der Waals surface area contributed by atoms with E-state index < -0.39 is 0 Å². The number of allylic oxidation sites excluding steroid dienone is 4. The quantitative estimate of drug-likeness (QED) is 0.351. The molecule has 4 rings (SSSR count). The molecule has 1 aromatic rings. The Morgan fingerprint density at radius 3 is 2.61 bits per heavy atom. The van der Waals surface area contributed by atoms with E-state index in [1.165, 1.54) is 73.8 Å². The van der Waals surface area contributed by atoms with Crippen molar-refractivity contribution in [2.45, 2.75) is 91.6 Å². The highest BCUT2D eigenvalue weighted by molar-refractivity contribution is 6.06. The van der Waals surface area contributed by atoms with E-state index >= 15 is 0 Å². The molecular weight excluding hydrogens is 378 g/mol. The minimum absolute atomic E-state index is 0.351. The molecule has 1 fully saturated rings. The second kappa shape index (κ2) is 10.0. The van der Waals surface area contributed by atoms with Crippen LogP contribution in [0, 0.1) is 11.3 Å². The molecule has 0 spiro atoms. The van der Waals surface area contributed by atoms with Crippen LogP contribution in [0.5, 0.6) is 0 Å². The third kappa shape index (κ3) is 5.40. The summed E-state index contributed by atoms with van der Waals surface area (Å²) >= 11 is 0. The Morgan fingerprint density at radius 1 is 1.03 bits per heavy atom. The molecule has 2 heteroatoms. The molecule has 2 aliphatic carbocycles. The van der Waals surface area contributed by atoms with Crippen LogP contribution in [0.15, 0.2) is 70.1 Å². The maximum Gasteiger partial charge on any atom is 0.145 e. The Balaban J connectivity index is 1.50. The van der Waals surface area contributed by atoms with Crippen LogP contribution in [0.25, 0.3) is 0 Å². The predicted molar refractivity (Wildman–Crippen MR) is 131 cm³/mol. The number of benzene rings is 1. The number of aliphatic imine (C=N–C) groups is 1. The zero-order chi connectivity index (χ0) is 21.7. The fourth-order valence-electron chi connectivity index (χ4n) is 5.19. The molecule has 0 radical (unpaired) electrons. The summed E-state index contributed by atoms with van der Waals surface area (Å²) in [5.41, 5.74) is 7.05.